The number of aryl methyl sites for hydroxylation is 1. The molecule has 1 unspecified atom stereocenters. The van der Waals surface area contributed by atoms with Crippen LogP contribution in [-0.2, 0) is 9.84 Å². The molecule has 0 fully saturated rings. The van der Waals surface area contributed by atoms with E-state index in [1.165, 1.54) is 0 Å². The highest BCUT2D eigenvalue weighted by molar-refractivity contribution is 7.91. The van der Waals surface area contributed by atoms with Crippen LogP contribution in [0.1, 0.15) is 16.5 Å². The Bertz CT molecular complexity index is 1000. The number of rotatable bonds is 4. The van der Waals surface area contributed by atoms with E-state index in [0.29, 0.717) is 5.56 Å². The molecule has 0 heterocycles. The van der Waals surface area contributed by atoms with Gasteiger partial charge in [-0.05, 0) is 42.3 Å². The molecular weight excluding hydrogens is 330 g/mol. The Hall–Kier alpha value is -2.90. The summed E-state index contributed by atoms with van der Waals surface area (Å²) in [6, 6.07) is 23.6. The van der Waals surface area contributed by atoms with Crippen molar-refractivity contribution in [2.75, 3.05) is 0 Å². The minimum Gasteiger partial charge on any atom is -0.291 e. The van der Waals surface area contributed by atoms with Gasteiger partial charge >= 0.3 is 5.37 Å². The number of sulfone groups is 1. The quantitative estimate of drug-likeness (QED) is 0.619. The predicted molar refractivity (Wildman–Crippen MR) is 99.6 cm³/mol. The van der Waals surface area contributed by atoms with Gasteiger partial charge in [0.2, 0.25) is 0 Å². The SMILES string of the molecule is [C-]#[N+]C(c1ccc(-c2ccccc2)cc1)S(=O)(=O)c1ccc(C)cc1. The van der Waals surface area contributed by atoms with Crippen molar-refractivity contribution < 1.29 is 8.42 Å². The molecule has 0 bridgehead atoms. The summed E-state index contributed by atoms with van der Waals surface area (Å²) in [6.07, 6.45) is 0. The van der Waals surface area contributed by atoms with Gasteiger partial charge in [-0.3, -0.25) is 4.85 Å². The highest BCUT2D eigenvalue weighted by Crippen LogP contribution is 2.31. The third-order valence-corrected chi connectivity index (χ3v) is 5.96. The van der Waals surface area contributed by atoms with Crippen LogP contribution in [0.25, 0.3) is 16.0 Å². The molecule has 1 atom stereocenters. The maximum Gasteiger partial charge on any atom is 0.350 e. The van der Waals surface area contributed by atoms with Crippen molar-refractivity contribution in [2.45, 2.75) is 17.2 Å². The summed E-state index contributed by atoms with van der Waals surface area (Å²) in [5, 5.41) is -1.24. The van der Waals surface area contributed by atoms with Gasteiger partial charge in [0, 0.05) is 0 Å². The van der Waals surface area contributed by atoms with Crippen LogP contribution in [0.2, 0.25) is 0 Å². The van der Waals surface area contributed by atoms with Crippen molar-refractivity contribution >= 4 is 9.84 Å². The fourth-order valence-corrected chi connectivity index (χ4v) is 4.08. The van der Waals surface area contributed by atoms with Gasteiger partial charge in [0.1, 0.15) is 0 Å². The Morgan fingerprint density at radius 2 is 1.36 bits per heavy atom. The van der Waals surface area contributed by atoms with Crippen LogP contribution in [-0.4, -0.2) is 8.42 Å². The molecule has 0 aliphatic heterocycles. The second-order valence-corrected chi connectivity index (χ2v) is 7.84. The molecule has 0 amide bonds. The molecule has 25 heavy (non-hydrogen) atoms. The van der Waals surface area contributed by atoms with Crippen molar-refractivity contribution in [3.05, 3.63) is 101 Å². The first-order chi connectivity index (χ1) is 12.0. The Morgan fingerprint density at radius 3 is 1.92 bits per heavy atom. The van der Waals surface area contributed by atoms with Crippen molar-refractivity contribution in [3.63, 3.8) is 0 Å². The molecule has 124 valence electrons. The summed E-state index contributed by atoms with van der Waals surface area (Å²) in [4.78, 5) is 3.57. The average molecular weight is 347 g/mol. The highest BCUT2D eigenvalue weighted by atomic mass is 32.2. The molecule has 0 aromatic heterocycles. The standard InChI is InChI=1S/C21H17NO2S/c1-16-8-14-20(15-9-16)25(23,24)21(22-2)19-12-10-18(11-13-19)17-6-4-3-5-7-17/h3-15,21H,1H3. The van der Waals surface area contributed by atoms with Gasteiger partial charge in [0.15, 0.2) is 0 Å². The lowest BCUT2D eigenvalue weighted by atomic mass is 10.0. The van der Waals surface area contributed by atoms with Crippen molar-refractivity contribution in [2.24, 2.45) is 0 Å². The average Bonchev–Trinajstić information content (AvgIpc) is 2.64. The molecular formula is C21H17NO2S. The smallest absolute Gasteiger partial charge is 0.291 e. The number of nitrogens with zero attached hydrogens (tertiary/aromatic N) is 1. The first kappa shape index (κ1) is 16.9. The Balaban J connectivity index is 1.96. The number of hydrogen-bond donors (Lipinski definition) is 0. The molecule has 0 N–H and O–H groups in total. The molecule has 0 radical (unpaired) electrons. The molecule has 4 heteroatoms. The summed E-state index contributed by atoms with van der Waals surface area (Å²) in [7, 11) is -3.75. The number of hydrogen-bond acceptors (Lipinski definition) is 2. The van der Waals surface area contributed by atoms with Crippen molar-refractivity contribution in [1.29, 1.82) is 0 Å². The van der Waals surface area contributed by atoms with E-state index in [1.807, 2.05) is 49.4 Å². The fourth-order valence-electron chi connectivity index (χ4n) is 2.65. The van der Waals surface area contributed by atoms with E-state index in [-0.39, 0.29) is 4.90 Å². The summed E-state index contributed by atoms with van der Waals surface area (Å²) >= 11 is 0. The van der Waals surface area contributed by atoms with Crippen LogP contribution in [0.4, 0.5) is 0 Å². The summed E-state index contributed by atoms with van der Waals surface area (Å²) in [6.45, 7) is 9.30. The molecule has 0 spiro atoms. The third-order valence-electron chi connectivity index (χ3n) is 4.06. The zero-order chi connectivity index (χ0) is 17.9. The van der Waals surface area contributed by atoms with Gasteiger partial charge < -0.3 is 0 Å². The lowest BCUT2D eigenvalue weighted by molar-refractivity contribution is 0.590. The first-order valence-corrected chi connectivity index (χ1v) is 9.39. The van der Waals surface area contributed by atoms with Gasteiger partial charge in [0.25, 0.3) is 9.84 Å². The van der Waals surface area contributed by atoms with Gasteiger partial charge in [-0.15, -0.1) is 0 Å². The van der Waals surface area contributed by atoms with E-state index < -0.39 is 15.2 Å². The second kappa shape index (κ2) is 6.92. The van der Waals surface area contributed by atoms with E-state index in [2.05, 4.69) is 4.85 Å². The molecule has 3 nitrogen and oxygen atoms in total. The highest BCUT2D eigenvalue weighted by Gasteiger charge is 2.34. The lowest BCUT2D eigenvalue weighted by Gasteiger charge is -2.09. The topological polar surface area (TPSA) is 38.5 Å². The Labute approximate surface area is 148 Å². The van der Waals surface area contributed by atoms with Gasteiger partial charge in [-0.1, -0.05) is 60.2 Å². The van der Waals surface area contributed by atoms with Crippen LogP contribution in [0.5, 0.6) is 0 Å². The van der Waals surface area contributed by atoms with E-state index in [9.17, 15) is 8.42 Å². The fraction of sp³-hybridized carbons (Fsp3) is 0.0952. The maximum atomic E-state index is 12.8. The monoisotopic (exact) mass is 347 g/mol. The zero-order valence-corrected chi connectivity index (χ0v) is 14.6. The largest absolute Gasteiger partial charge is 0.350 e. The van der Waals surface area contributed by atoms with E-state index >= 15 is 0 Å². The molecule has 3 aromatic rings. The van der Waals surface area contributed by atoms with Crippen LogP contribution in [0, 0.1) is 13.5 Å². The maximum absolute atomic E-state index is 12.8. The molecule has 0 saturated heterocycles. The number of benzene rings is 3. The summed E-state index contributed by atoms with van der Waals surface area (Å²) in [5.41, 5.74) is 3.50. The van der Waals surface area contributed by atoms with Crippen molar-refractivity contribution in [1.82, 2.24) is 0 Å². The first-order valence-electron chi connectivity index (χ1n) is 7.85. The second-order valence-electron chi connectivity index (χ2n) is 5.83. The minimum atomic E-state index is -3.75. The van der Waals surface area contributed by atoms with Crippen LogP contribution in [0.3, 0.4) is 0 Å². The van der Waals surface area contributed by atoms with E-state index in [4.69, 9.17) is 6.57 Å². The Kier molecular flexibility index (Phi) is 4.69. The van der Waals surface area contributed by atoms with Gasteiger partial charge in [-0.25, -0.2) is 15.0 Å². The summed E-state index contributed by atoms with van der Waals surface area (Å²) in [5.74, 6) is 0. The van der Waals surface area contributed by atoms with Gasteiger partial charge in [0.05, 0.1) is 10.5 Å². The van der Waals surface area contributed by atoms with Crippen LogP contribution < -0.4 is 0 Å². The normalized spacial score (nSPS) is 12.3. The molecule has 0 saturated carbocycles. The minimum absolute atomic E-state index is 0.172. The molecule has 0 aliphatic carbocycles. The molecule has 0 aliphatic rings. The van der Waals surface area contributed by atoms with Crippen LogP contribution in [0.15, 0.2) is 83.8 Å². The Morgan fingerprint density at radius 1 is 0.800 bits per heavy atom. The summed E-state index contributed by atoms with van der Waals surface area (Å²) < 4.78 is 25.6. The predicted octanol–water partition coefficient (Wildman–Crippen LogP) is 5.05. The lowest BCUT2D eigenvalue weighted by Crippen LogP contribution is -2.10. The van der Waals surface area contributed by atoms with Crippen molar-refractivity contribution in [3.8, 4) is 11.1 Å². The van der Waals surface area contributed by atoms with E-state index in [1.54, 1.807) is 36.4 Å². The van der Waals surface area contributed by atoms with Gasteiger partial charge in [-0.2, -0.15) is 0 Å². The van der Waals surface area contributed by atoms with E-state index in [0.717, 1.165) is 16.7 Å². The molecule has 3 rings (SSSR count). The molecule has 3 aromatic carbocycles. The van der Waals surface area contributed by atoms with Crippen LogP contribution >= 0.6 is 0 Å². The third kappa shape index (κ3) is 3.47. The zero-order valence-electron chi connectivity index (χ0n) is 13.8.